The summed E-state index contributed by atoms with van der Waals surface area (Å²) in [6.07, 6.45) is 6.57. The average molecular weight is 310 g/mol. The summed E-state index contributed by atoms with van der Waals surface area (Å²) < 4.78 is 21.0. The van der Waals surface area contributed by atoms with E-state index in [-0.39, 0.29) is 5.82 Å². The maximum absolute atomic E-state index is 13.0. The number of nitrogens with zero attached hydrogens (tertiary/aromatic N) is 2. The molecule has 2 aromatic carbocycles. The highest BCUT2D eigenvalue weighted by Crippen LogP contribution is 2.32. The fourth-order valence-electron chi connectivity index (χ4n) is 2.53. The number of para-hydroxylation sites is 1. The van der Waals surface area contributed by atoms with Crippen molar-refractivity contribution in [2.24, 2.45) is 0 Å². The molecule has 0 amide bonds. The zero-order valence-electron chi connectivity index (χ0n) is 13.0. The van der Waals surface area contributed by atoms with Crippen LogP contribution in [0.3, 0.4) is 0 Å². The molecule has 4 heteroatoms. The number of hydrogen-bond donors (Lipinski definition) is 0. The summed E-state index contributed by atoms with van der Waals surface area (Å²) in [4.78, 5) is 4.06. The molecule has 0 spiro atoms. The van der Waals surface area contributed by atoms with Gasteiger partial charge in [-0.05, 0) is 48.2 Å². The van der Waals surface area contributed by atoms with E-state index >= 15 is 0 Å². The Balaban J connectivity index is 1.72. The molecule has 3 aromatic rings. The molecule has 0 saturated carbocycles. The molecule has 1 atom stereocenters. The molecule has 0 fully saturated rings. The smallest absolute Gasteiger partial charge is 0.130 e. The summed E-state index contributed by atoms with van der Waals surface area (Å²) in [5.74, 6) is 1.53. The summed E-state index contributed by atoms with van der Waals surface area (Å²) in [5.41, 5.74) is 1.15. The number of aryl methyl sites for hydroxylation is 1. The quantitative estimate of drug-likeness (QED) is 0.640. The van der Waals surface area contributed by atoms with Crippen molar-refractivity contribution in [1.82, 2.24) is 9.55 Å². The minimum absolute atomic E-state index is 0.265. The minimum Gasteiger partial charge on any atom is -0.457 e. The van der Waals surface area contributed by atoms with E-state index in [1.165, 1.54) is 12.1 Å². The van der Waals surface area contributed by atoms with Crippen LogP contribution >= 0.6 is 0 Å². The van der Waals surface area contributed by atoms with Gasteiger partial charge in [0.05, 0.1) is 6.33 Å². The van der Waals surface area contributed by atoms with E-state index in [2.05, 4.69) is 22.5 Å². The lowest BCUT2D eigenvalue weighted by atomic mass is 9.97. The zero-order chi connectivity index (χ0) is 16.1. The summed E-state index contributed by atoms with van der Waals surface area (Å²) in [6.45, 7) is 3.09. The number of imidazole rings is 1. The largest absolute Gasteiger partial charge is 0.457 e. The van der Waals surface area contributed by atoms with Gasteiger partial charge in [-0.2, -0.15) is 0 Å². The Labute approximate surface area is 135 Å². The van der Waals surface area contributed by atoms with Gasteiger partial charge in [-0.3, -0.25) is 0 Å². The first-order chi connectivity index (χ1) is 11.2. The van der Waals surface area contributed by atoms with Crippen LogP contribution in [0.2, 0.25) is 0 Å². The molecule has 1 unspecified atom stereocenters. The third kappa shape index (κ3) is 3.97. The van der Waals surface area contributed by atoms with Crippen LogP contribution in [-0.2, 0) is 6.54 Å². The summed E-state index contributed by atoms with van der Waals surface area (Å²) in [5, 5.41) is 0. The third-order valence-electron chi connectivity index (χ3n) is 3.87. The van der Waals surface area contributed by atoms with Crippen LogP contribution in [0, 0.1) is 5.82 Å². The van der Waals surface area contributed by atoms with Gasteiger partial charge in [-0.25, -0.2) is 9.37 Å². The van der Waals surface area contributed by atoms with E-state index in [1.54, 1.807) is 18.3 Å². The molecule has 3 nitrogen and oxygen atoms in total. The van der Waals surface area contributed by atoms with Crippen molar-refractivity contribution in [3.8, 4) is 11.5 Å². The van der Waals surface area contributed by atoms with Gasteiger partial charge in [0.1, 0.15) is 17.3 Å². The third-order valence-corrected chi connectivity index (χ3v) is 3.87. The molecular weight excluding hydrogens is 291 g/mol. The molecule has 118 valence electrons. The van der Waals surface area contributed by atoms with Crippen LogP contribution < -0.4 is 4.74 Å². The van der Waals surface area contributed by atoms with Crippen molar-refractivity contribution in [3.05, 3.63) is 78.6 Å². The van der Waals surface area contributed by atoms with Gasteiger partial charge >= 0.3 is 0 Å². The Morgan fingerprint density at radius 3 is 2.65 bits per heavy atom. The maximum atomic E-state index is 13.0. The molecule has 3 rings (SSSR count). The lowest BCUT2D eigenvalue weighted by Crippen LogP contribution is -2.02. The van der Waals surface area contributed by atoms with E-state index in [9.17, 15) is 4.39 Å². The highest BCUT2D eigenvalue weighted by atomic mass is 19.1. The molecule has 0 saturated heterocycles. The minimum atomic E-state index is -0.265. The van der Waals surface area contributed by atoms with Gasteiger partial charge in [0.25, 0.3) is 0 Å². The van der Waals surface area contributed by atoms with Crippen LogP contribution in [0.25, 0.3) is 0 Å². The van der Waals surface area contributed by atoms with Crippen molar-refractivity contribution in [1.29, 1.82) is 0 Å². The van der Waals surface area contributed by atoms with E-state index in [4.69, 9.17) is 4.74 Å². The molecule has 1 heterocycles. The van der Waals surface area contributed by atoms with Gasteiger partial charge in [-0.1, -0.05) is 25.1 Å². The fourth-order valence-corrected chi connectivity index (χ4v) is 2.53. The molecule has 0 N–H and O–H groups in total. The number of ether oxygens (including phenoxy) is 1. The molecule has 0 aliphatic carbocycles. The average Bonchev–Trinajstić information content (AvgIpc) is 3.09. The molecule has 0 aliphatic heterocycles. The molecule has 1 aromatic heterocycles. The number of rotatable bonds is 6. The van der Waals surface area contributed by atoms with Crippen LogP contribution in [0.5, 0.6) is 11.5 Å². The van der Waals surface area contributed by atoms with Gasteiger partial charge in [-0.15, -0.1) is 0 Å². The molecule has 0 bridgehead atoms. The monoisotopic (exact) mass is 310 g/mol. The Morgan fingerprint density at radius 2 is 1.91 bits per heavy atom. The van der Waals surface area contributed by atoms with Gasteiger partial charge in [0.2, 0.25) is 0 Å². The first-order valence-corrected chi connectivity index (χ1v) is 7.70. The first-order valence-electron chi connectivity index (χ1n) is 7.70. The fraction of sp³-hybridized carbons (Fsp3) is 0.211. The number of benzene rings is 2. The Bertz CT molecular complexity index is 738. The molecule has 23 heavy (non-hydrogen) atoms. The van der Waals surface area contributed by atoms with Crippen molar-refractivity contribution >= 4 is 0 Å². The standard InChI is InChI=1S/C19H19FN2O/c1-15(10-12-22-13-11-21-14-22)18-4-2-3-5-19(18)23-17-8-6-16(20)7-9-17/h2-9,11,13-15H,10,12H2,1H3. The van der Waals surface area contributed by atoms with Crippen molar-refractivity contribution in [2.45, 2.75) is 25.8 Å². The van der Waals surface area contributed by atoms with Crippen molar-refractivity contribution < 1.29 is 9.13 Å². The molecule has 0 radical (unpaired) electrons. The van der Waals surface area contributed by atoms with Crippen molar-refractivity contribution in [3.63, 3.8) is 0 Å². The highest BCUT2D eigenvalue weighted by Gasteiger charge is 2.12. The molecule has 0 aliphatic rings. The second-order valence-corrected chi connectivity index (χ2v) is 5.58. The van der Waals surface area contributed by atoms with Crippen LogP contribution in [0.4, 0.5) is 4.39 Å². The maximum Gasteiger partial charge on any atom is 0.130 e. The van der Waals surface area contributed by atoms with E-state index < -0.39 is 0 Å². The van der Waals surface area contributed by atoms with Gasteiger partial charge in [0, 0.05) is 18.9 Å². The normalized spacial score (nSPS) is 12.1. The van der Waals surface area contributed by atoms with Crippen molar-refractivity contribution in [2.75, 3.05) is 0 Å². The predicted molar refractivity (Wildman–Crippen MR) is 88.2 cm³/mol. The van der Waals surface area contributed by atoms with Gasteiger partial charge in [0.15, 0.2) is 0 Å². The summed E-state index contributed by atoms with van der Waals surface area (Å²) in [6, 6.07) is 14.1. The molecular formula is C19H19FN2O. The second-order valence-electron chi connectivity index (χ2n) is 5.58. The topological polar surface area (TPSA) is 27.1 Å². The Hall–Kier alpha value is -2.62. The predicted octanol–water partition coefficient (Wildman–Crippen LogP) is 5.01. The summed E-state index contributed by atoms with van der Waals surface area (Å²) >= 11 is 0. The Kier molecular flexibility index (Phi) is 4.71. The lowest BCUT2D eigenvalue weighted by Gasteiger charge is -2.17. The number of hydrogen-bond acceptors (Lipinski definition) is 2. The number of halogens is 1. The van der Waals surface area contributed by atoms with Crippen LogP contribution in [0.15, 0.2) is 67.3 Å². The van der Waals surface area contributed by atoms with Crippen LogP contribution in [-0.4, -0.2) is 9.55 Å². The number of aromatic nitrogens is 2. The SMILES string of the molecule is CC(CCn1ccnc1)c1ccccc1Oc1ccc(F)cc1. The summed E-state index contributed by atoms with van der Waals surface area (Å²) in [7, 11) is 0. The van der Waals surface area contributed by atoms with E-state index in [1.807, 2.05) is 30.7 Å². The lowest BCUT2D eigenvalue weighted by molar-refractivity contribution is 0.463. The van der Waals surface area contributed by atoms with E-state index in [0.29, 0.717) is 11.7 Å². The van der Waals surface area contributed by atoms with Crippen LogP contribution in [0.1, 0.15) is 24.8 Å². The highest BCUT2D eigenvalue weighted by molar-refractivity contribution is 5.39. The van der Waals surface area contributed by atoms with Gasteiger partial charge < -0.3 is 9.30 Å². The van der Waals surface area contributed by atoms with E-state index in [0.717, 1.165) is 24.3 Å². The second kappa shape index (κ2) is 7.09. The first kappa shape index (κ1) is 15.3. The zero-order valence-corrected chi connectivity index (χ0v) is 13.0. The Morgan fingerprint density at radius 1 is 1.13 bits per heavy atom.